The number of aromatic nitrogens is 4. The molecule has 0 saturated heterocycles. The van der Waals surface area contributed by atoms with Gasteiger partial charge in [0.2, 0.25) is 16.2 Å². The number of nitrogens with two attached hydrogens (primary N) is 1. The smallest absolute Gasteiger partial charge is 0.268 e. The summed E-state index contributed by atoms with van der Waals surface area (Å²) in [6, 6.07) is 4.39. The van der Waals surface area contributed by atoms with Gasteiger partial charge in [-0.3, -0.25) is 4.79 Å². The highest BCUT2D eigenvalue weighted by Crippen LogP contribution is 2.43. The van der Waals surface area contributed by atoms with Gasteiger partial charge >= 0.3 is 0 Å². The molecular weight excluding hydrogens is 456 g/mol. The van der Waals surface area contributed by atoms with Crippen molar-refractivity contribution in [2.24, 2.45) is 0 Å². The van der Waals surface area contributed by atoms with E-state index in [1.807, 2.05) is 20.8 Å². The predicted octanol–water partition coefficient (Wildman–Crippen LogP) is 4.47. The number of nitrogen functional groups attached to an aromatic ring is 1. The van der Waals surface area contributed by atoms with Crippen LogP contribution in [0.4, 0.5) is 10.2 Å². The molecule has 4 rings (SSSR count). The molecule has 0 amide bonds. The predicted molar refractivity (Wildman–Crippen MR) is 122 cm³/mol. The molecule has 0 aliphatic heterocycles. The van der Waals surface area contributed by atoms with Crippen LogP contribution >= 0.6 is 23.2 Å². The number of halogens is 3. The summed E-state index contributed by atoms with van der Waals surface area (Å²) < 4.78 is 23.2. The van der Waals surface area contributed by atoms with Gasteiger partial charge in [0, 0.05) is 23.4 Å². The second-order valence-corrected chi connectivity index (χ2v) is 8.44. The lowest BCUT2D eigenvalue weighted by Crippen LogP contribution is -2.28. The molecule has 3 heterocycles. The van der Waals surface area contributed by atoms with Gasteiger partial charge in [-0.25, -0.2) is 14.4 Å². The van der Waals surface area contributed by atoms with Crippen LogP contribution in [0.15, 0.2) is 41.6 Å². The number of nitrogens with one attached hydrogen (secondary N) is 2. The molecule has 1 unspecified atom stereocenters. The van der Waals surface area contributed by atoms with Crippen LogP contribution in [-0.2, 0) is 0 Å². The van der Waals surface area contributed by atoms with E-state index in [1.165, 1.54) is 18.3 Å². The molecule has 0 bridgehead atoms. The van der Waals surface area contributed by atoms with E-state index >= 15 is 4.39 Å². The third-order valence-corrected chi connectivity index (χ3v) is 5.67. The quantitative estimate of drug-likeness (QED) is 0.369. The summed E-state index contributed by atoms with van der Waals surface area (Å²) in [6.07, 6.45) is 4.48. The highest BCUT2D eigenvalue weighted by atomic mass is 35.5. The summed E-state index contributed by atoms with van der Waals surface area (Å²) in [4.78, 5) is 21.3. The van der Waals surface area contributed by atoms with Crippen molar-refractivity contribution in [3.05, 3.63) is 74.5 Å². The first-order valence-corrected chi connectivity index (χ1v) is 10.7. The van der Waals surface area contributed by atoms with E-state index in [9.17, 15) is 4.79 Å². The second-order valence-electron chi connectivity index (χ2n) is 7.65. The molecule has 166 valence electrons. The summed E-state index contributed by atoms with van der Waals surface area (Å²) in [6.45, 7) is 5.61. The molecule has 4 aromatic rings. The van der Waals surface area contributed by atoms with Crippen LogP contribution in [0, 0.1) is 5.82 Å². The van der Waals surface area contributed by atoms with Crippen molar-refractivity contribution >= 4 is 34.5 Å². The highest BCUT2D eigenvalue weighted by molar-refractivity contribution is 6.33. The summed E-state index contributed by atoms with van der Waals surface area (Å²) in [5.74, 6) is 0.286. The van der Waals surface area contributed by atoms with Crippen molar-refractivity contribution in [3.8, 4) is 16.9 Å². The van der Waals surface area contributed by atoms with Crippen LogP contribution in [0.25, 0.3) is 16.6 Å². The Morgan fingerprint density at radius 1 is 1.25 bits per heavy atom. The average molecular weight is 477 g/mol. The zero-order valence-corrected chi connectivity index (χ0v) is 19.1. The lowest BCUT2D eigenvalue weighted by atomic mass is 9.93. The molecule has 0 saturated carbocycles. The summed E-state index contributed by atoms with van der Waals surface area (Å²) in [5.41, 5.74) is 7.47. The Kier molecular flexibility index (Phi) is 5.83. The van der Waals surface area contributed by atoms with Gasteiger partial charge in [0.05, 0.1) is 28.8 Å². The maximum absolute atomic E-state index is 15.3. The number of fused-ring (bicyclic) bond motifs is 1. The molecule has 0 aliphatic carbocycles. The topological polar surface area (TPSA) is 101 Å². The molecule has 32 heavy (non-hydrogen) atoms. The molecule has 4 N–H and O–H groups in total. The molecule has 0 radical (unpaired) electrons. The fraction of sp³-hybridized carbons (Fsp3) is 0.227. The molecule has 0 aliphatic rings. The average Bonchev–Trinajstić information content (AvgIpc) is 3.09. The van der Waals surface area contributed by atoms with Crippen molar-refractivity contribution in [2.75, 3.05) is 5.73 Å². The standard InChI is InChI=1S/C22H20Cl2FN5O2/c1-10(2)32-19-13(8-14(23)17(25)16(19)12-4-5-15(31)28-9-12)11(3)22-29-20(24)18-21(26)27-6-7-30(18)22/h4-11H,1-3H3,(H3,26,27,28,31)/p+1. The number of hydrogen-bond acceptors (Lipinski definition) is 4. The zero-order valence-electron chi connectivity index (χ0n) is 17.5. The number of rotatable bonds is 5. The van der Waals surface area contributed by atoms with Crippen LogP contribution in [0.2, 0.25) is 10.2 Å². The minimum absolute atomic E-state index is 0.0719. The molecule has 7 nitrogen and oxygen atoms in total. The lowest BCUT2D eigenvalue weighted by Gasteiger charge is -2.21. The number of H-pyrrole nitrogens is 2. The van der Waals surface area contributed by atoms with Crippen molar-refractivity contribution in [1.82, 2.24) is 15.0 Å². The largest absolute Gasteiger partial charge is 0.490 e. The van der Waals surface area contributed by atoms with E-state index in [4.69, 9.17) is 33.7 Å². The second kappa shape index (κ2) is 8.44. The number of anilines is 1. The monoisotopic (exact) mass is 476 g/mol. The van der Waals surface area contributed by atoms with Gasteiger partial charge in [0.25, 0.3) is 5.82 Å². The fourth-order valence-electron chi connectivity index (χ4n) is 3.69. The van der Waals surface area contributed by atoms with E-state index in [1.54, 1.807) is 22.9 Å². The molecule has 0 fully saturated rings. The van der Waals surface area contributed by atoms with Gasteiger partial charge < -0.3 is 15.5 Å². The Morgan fingerprint density at radius 2 is 2.00 bits per heavy atom. The van der Waals surface area contributed by atoms with Gasteiger partial charge in [0.15, 0.2) is 11.6 Å². The maximum atomic E-state index is 15.3. The molecule has 3 aromatic heterocycles. The fourth-order valence-corrected chi connectivity index (χ4v) is 4.19. The third-order valence-electron chi connectivity index (χ3n) is 5.12. The van der Waals surface area contributed by atoms with E-state index < -0.39 is 5.82 Å². The van der Waals surface area contributed by atoms with Crippen molar-refractivity contribution in [1.29, 1.82) is 0 Å². The number of nitrogens with zero attached hydrogens (tertiary/aromatic N) is 2. The van der Waals surface area contributed by atoms with Crippen LogP contribution < -0.4 is 20.4 Å². The van der Waals surface area contributed by atoms with Gasteiger partial charge in [-0.05, 0) is 44.5 Å². The van der Waals surface area contributed by atoms with Gasteiger partial charge in [-0.2, -0.15) is 4.40 Å². The van der Waals surface area contributed by atoms with Crippen LogP contribution in [0.5, 0.6) is 5.75 Å². The Hall–Kier alpha value is -3.10. The summed E-state index contributed by atoms with van der Waals surface area (Å²) in [7, 11) is 0. The first-order valence-electron chi connectivity index (χ1n) is 9.89. The highest BCUT2D eigenvalue weighted by Gasteiger charge is 2.31. The third kappa shape index (κ3) is 3.80. The molecule has 1 atom stereocenters. The number of imidazole rings is 1. The van der Waals surface area contributed by atoms with Gasteiger partial charge in [-0.1, -0.05) is 11.6 Å². The Balaban J connectivity index is 1.99. The molecule has 10 heteroatoms. The molecule has 0 spiro atoms. The van der Waals surface area contributed by atoms with Crippen molar-refractivity contribution < 1.29 is 13.5 Å². The Bertz CT molecular complexity index is 1360. The van der Waals surface area contributed by atoms with Crippen LogP contribution in [0.1, 0.15) is 38.1 Å². The summed E-state index contributed by atoms with van der Waals surface area (Å²) in [5, 5.41) is 0.259. The van der Waals surface area contributed by atoms with Gasteiger partial charge in [0.1, 0.15) is 11.9 Å². The van der Waals surface area contributed by atoms with Crippen molar-refractivity contribution in [2.45, 2.75) is 32.8 Å². The number of aromatic amines is 2. The minimum Gasteiger partial charge on any atom is -0.490 e. The summed E-state index contributed by atoms with van der Waals surface area (Å²) >= 11 is 12.7. The Morgan fingerprint density at radius 3 is 2.66 bits per heavy atom. The zero-order chi connectivity index (χ0) is 23.2. The van der Waals surface area contributed by atoms with E-state index in [2.05, 4.69) is 15.0 Å². The number of pyridine rings is 1. The van der Waals surface area contributed by atoms with Crippen LogP contribution in [0.3, 0.4) is 0 Å². The van der Waals surface area contributed by atoms with E-state index in [0.29, 0.717) is 33.4 Å². The first kappa shape index (κ1) is 22.1. The van der Waals surface area contributed by atoms with Gasteiger partial charge in [-0.15, -0.1) is 0 Å². The number of benzene rings is 1. The van der Waals surface area contributed by atoms with E-state index in [0.717, 1.165) is 0 Å². The SMILES string of the molecule is CC(C)Oc1c(C(C)c2[nH]c(Cl)c3c(N)ncc[n+]23)cc(Cl)c(F)c1-c1ccc(=O)[nH]c1. The van der Waals surface area contributed by atoms with Crippen molar-refractivity contribution in [3.63, 3.8) is 0 Å². The minimum atomic E-state index is -0.638. The van der Waals surface area contributed by atoms with E-state index in [-0.39, 0.29) is 34.0 Å². The lowest BCUT2D eigenvalue weighted by molar-refractivity contribution is -0.522. The normalized spacial score (nSPS) is 12.5. The molecule has 1 aromatic carbocycles. The number of ether oxygens (including phenoxy) is 1. The Labute approximate surface area is 193 Å². The maximum Gasteiger partial charge on any atom is 0.268 e. The molecular formula is C22H21Cl2FN5O2+. The first-order chi connectivity index (χ1) is 15.2. The number of hydrogen-bond donors (Lipinski definition) is 3. The van der Waals surface area contributed by atoms with Crippen LogP contribution in [-0.4, -0.2) is 21.1 Å².